The topological polar surface area (TPSA) is 17.3 Å². The van der Waals surface area contributed by atoms with Crippen molar-refractivity contribution in [2.45, 2.75) is 20.3 Å². The summed E-state index contributed by atoms with van der Waals surface area (Å²) in [4.78, 5) is 4.99. The molecule has 4 aromatic rings. The molecule has 5 heteroatoms. The molecule has 2 aromatic carbocycles. The molecule has 4 rings (SSSR count). The summed E-state index contributed by atoms with van der Waals surface area (Å²) in [5.74, 6) is 0. The maximum Gasteiger partial charge on any atom is 0.138 e. The summed E-state index contributed by atoms with van der Waals surface area (Å²) in [6, 6.07) is 18.4. The first-order valence-corrected chi connectivity index (χ1v) is 10.6. The van der Waals surface area contributed by atoms with Gasteiger partial charge in [-0.3, -0.25) is 4.40 Å². The number of aromatic nitrogens is 2. The molecule has 0 fully saturated rings. The zero-order valence-electron chi connectivity index (χ0n) is 14.9. The highest BCUT2D eigenvalue weighted by atomic mass is 79.9. The highest BCUT2D eigenvalue weighted by Gasteiger charge is 2.18. The summed E-state index contributed by atoms with van der Waals surface area (Å²) in [5, 5.41) is 0.749. The molecule has 136 valence electrons. The predicted octanol–water partition coefficient (Wildman–Crippen LogP) is 7.39. The van der Waals surface area contributed by atoms with Crippen LogP contribution in [0, 0.1) is 13.8 Å². The lowest BCUT2D eigenvalue weighted by atomic mass is 10.0. The van der Waals surface area contributed by atoms with E-state index < -0.39 is 0 Å². The summed E-state index contributed by atoms with van der Waals surface area (Å²) >= 11 is 13.5. The van der Waals surface area contributed by atoms with Gasteiger partial charge in [0, 0.05) is 31.6 Å². The van der Waals surface area contributed by atoms with E-state index in [2.05, 4.69) is 74.4 Å². The third-order valence-electron chi connectivity index (χ3n) is 4.70. The number of halogens is 3. The van der Waals surface area contributed by atoms with Gasteiger partial charge < -0.3 is 0 Å². The summed E-state index contributed by atoms with van der Waals surface area (Å²) in [7, 11) is 0. The number of fused-ring (bicyclic) bond motifs is 1. The van der Waals surface area contributed by atoms with Gasteiger partial charge in [-0.15, -0.1) is 0 Å². The van der Waals surface area contributed by atoms with Crippen LogP contribution in [0.1, 0.15) is 22.5 Å². The summed E-state index contributed by atoms with van der Waals surface area (Å²) in [6.45, 7) is 4.22. The van der Waals surface area contributed by atoms with Gasteiger partial charge in [-0.2, -0.15) is 0 Å². The van der Waals surface area contributed by atoms with E-state index >= 15 is 0 Å². The first-order valence-electron chi connectivity index (χ1n) is 8.61. The highest BCUT2D eigenvalue weighted by Crippen LogP contribution is 2.32. The van der Waals surface area contributed by atoms with Crippen molar-refractivity contribution in [2.75, 3.05) is 0 Å². The Morgan fingerprint density at radius 3 is 2.52 bits per heavy atom. The monoisotopic (exact) mass is 502 g/mol. The first-order chi connectivity index (χ1) is 12.9. The van der Waals surface area contributed by atoms with Crippen LogP contribution in [0.3, 0.4) is 0 Å². The quantitative estimate of drug-likeness (QED) is 0.284. The first kappa shape index (κ1) is 18.7. The predicted molar refractivity (Wildman–Crippen MR) is 120 cm³/mol. The molecule has 2 nitrogen and oxygen atoms in total. The summed E-state index contributed by atoms with van der Waals surface area (Å²) in [6.07, 6.45) is 0.750. The molecule has 0 saturated heterocycles. The van der Waals surface area contributed by atoms with E-state index in [-0.39, 0.29) is 0 Å². The fraction of sp³-hybridized carbons (Fsp3) is 0.136. The Labute approximate surface area is 180 Å². The van der Waals surface area contributed by atoms with Crippen molar-refractivity contribution >= 4 is 49.1 Å². The normalized spacial score (nSPS) is 11.3. The number of hydrogen-bond acceptors (Lipinski definition) is 1. The largest absolute Gasteiger partial charge is 0.299 e. The van der Waals surface area contributed by atoms with Crippen LogP contribution < -0.4 is 0 Å². The van der Waals surface area contributed by atoms with E-state index in [9.17, 15) is 0 Å². The van der Waals surface area contributed by atoms with Gasteiger partial charge in [-0.05, 0) is 71.2 Å². The maximum absolute atomic E-state index is 6.22. The number of hydrogen-bond donors (Lipinski definition) is 0. The van der Waals surface area contributed by atoms with Crippen LogP contribution >= 0.6 is 43.5 Å². The molecule has 0 aliphatic carbocycles. The number of rotatable bonds is 3. The van der Waals surface area contributed by atoms with Crippen LogP contribution in [0.5, 0.6) is 0 Å². The third kappa shape index (κ3) is 3.58. The molecule has 0 spiro atoms. The zero-order valence-corrected chi connectivity index (χ0v) is 18.9. The van der Waals surface area contributed by atoms with Gasteiger partial charge in [0.05, 0.1) is 11.4 Å². The van der Waals surface area contributed by atoms with Crippen molar-refractivity contribution in [3.63, 3.8) is 0 Å². The standard InChI is InChI=1S/C22H17Br2ClN2/c1-13-9-20-26-22(16-6-4-7-17(23)12-16)19(27(20)14(2)21(13)24)11-15-5-3-8-18(25)10-15/h3-10,12H,11H2,1-2H3. The van der Waals surface area contributed by atoms with E-state index in [0.717, 1.165) is 54.2 Å². The Morgan fingerprint density at radius 1 is 1.00 bits per heavy atom. The van der Waals surface area contributed by atoms with Gasteiger partial charge in [0.15, 0.2) is 0 Å². The number of aryl methyl sites for hydroxylation is 2. The number of nitrogens with zero attached hydrogens (tertiary/aromatic N) is 2. The van der Waals surface area contributed by atoms with E-state index in [1.165, 1.54) is 5.56 Å². The van der Waals surface area contributed by atoms with Crippen molar-refractivity contribution in [1.29, 1.82) is 0 Å². The van der Waals surface area contributed by atoms with Crippen LogP contribution in [0.15, 0.2) is 63.5 Å². The Balaban J connectivity index is 2.00. The highest BCUT2D eigenvalue weighted by molar-refractivity contribution is 9.10. The molecular formula is C22H17Br2ClN2. The van der Waals surface area contributed by atoms with Gasteiger partial charge >= 0.3 is 0 Å². The van der Waals surface area contributed by atoms with Gasteiger partial charge in [-0.1, -0.05) is 51.8 Å². The molecule has 2 heterocycles. The average molecular weight is 505 g/mol. The van der Waals surface area contributed by atoms with Gasteiger partial charge in [0.25, 0.3) is 0 Å². The van der Waals surface area contributed by atoms with Gasteiger partial charge in [-0.25, -0.2) is 4.98 Å². The molecular weight excluding hydrogens is 488 g/mol. The molecule has 2 aromatic heterocycles. The van der Waals surface area contributed by atoms with E-state index in [1.807, 2.05) is 30.3 Å². The van der Waals surface area contributed by atoms with E-state index in [4.69, 9.17) is 16.6 Å². The van der Waals surface area contributed by atoms with Crippen molar-refractivity contribution in [2.24, 2.45) is 0 Å². The second-order valence-electron chi connectivity index (χ2n) is 6.64. The van der Waals surface area contributed by atoms with Crippen molar-refractivity contribution < 1.29 is 0 Å². The Hall–Kier alpha value is -1.62. The van der Waals surface area contributed by atoms with Crippen molar-refractivity contribution in [3.8, 4) is 11.3 Å². The summed E-state index contributed by atoms with van der Waals surface area (Å²) < 4.78 is 4.40. The second-order valence-corrected chi connectivity index (χ2v) is 8.79. The summed E-state index contributed by atoms with van der Waals surface area (Å²) in [5.41, 5.74) is 7.70. The molecule has 0 amide bonds. The van der Waals surface area contributed by atoms with Crippen LogP contribution in [0.4, 0.5) is 0 Å². The molecule has 0 N–H and O–H groups in total. The lowest BCUT2D eigenvalue weighted by Crippen LogP contribution is -2.01. The van der Waals surface area contributed by atoms with Crippen LogP contribution in [0.25, 0.3) is 16.9 Å². The lowest BCUT2D eigenvalue weighted by molar-refractivity contribution is 0.972. The number of pyridine rings is 1. The van der Waals surface area contributed by atoms with E-state index in [0.29, 0.717) is 0 Å². The average Bonchev–Trinajstić information content (AvgIpc) is 2.98. The van der Waals surface area contributed by atoms with Crippen molar-refractivity contribution in [1.82, 2.24) is 9.38 Å². The van der Waals surface area contributed by atoms with Gasteiger partial charge in [0.1, 0.15) is 5.65 Å². The fourth-order valence-electron chi connectivity index (χ4n) is 3.45. The smallest absolute Gasteiger partial charge is 0.138 e. The fourth-order valence-corrected chi connectivity index (χ4v) is 4.36. The van der Waals surface area contributed by atoms with Crippen LogP contribution in [0.2, 0.25) is 5.02 Å². The van der Waals surface area contributed by atoms with Crippen molar-refractivity contribution in [3.05, 3.63) is 91.1 Å². The maximum atomic E-state index is 6.22. The second kappa shape index (κ2) is 7.42. The lowest BCUT2D eigenvalue weighted by Gasteiger charge is -2.11. The minimum Gasteiger partial charge on any atom is -0.299 e. The van der Waals surface area contributed by atoms with Crippen LogP contribution in [-0.4, -0.2) is 9.38 Å². The molecule has 0 saturated carbocycles. The van der Waals surface area contributed by atoms with Gasteiger partial charge in [0.2, 0.25) is 0 Å². The molecule has 0 radical (unpaired) electrons. The van der Waals surface area contributed by atoms with E-state index in [1.54, 1.807) is 0 Å². The molecule has 0 atom stereocenters. The third-order valence-corrected chi connectivity index (χ3v) is 6.63. The Bertz CT molecular complexity index is 1160. The molecule has 0 aliphatic rings. The Kier molecular flexibility index (Phi) is 5.15. The number of benzene rings is 2. The molecule has 0 aliphatic heterocycles. The SMILES string of the molecule is Cc1cc2nc(-c3cccc(Br)c3)c(Cc3cccc(Cl)c3)n2c(C)c1Br. The number of imidazole rings is 1. The Morgan fingerprint density at radius 2 is 1.78 bits per heavy atom. The minimum absolute atomic E-state index is 0.749. The minimum atomic E-state index is 0.749. The molecule has 27 heavy (non-hydrogen) atoms. The molecule has 0 bridgehead atoms. The molecule has 0 unspecified atom stereocenters. The zero-order chi connectivity index (χ0) is 19.1. The van der Waals surface area contributed by atoms with Crippen LogP contribution in [-0.2, 0) is 6.42 Å².